The fourth-order valence-electron chi connectivity index (χ4n) is 3.04. The Hall–Kier alpha value is -1.20. The van der Waals surface area contributed by atoms with E-state index in [2.05, 4.69) is 22.5 Å². The summed E-state index contributed by atoms with van der Waals surface area (Å²) in [4.78, 5) is 16.3. The molecule has 102 valence electrons. The highest BCUT2D eigenvalue weighted by Gasteiger charge is 2.36. The van der Waals surface area contributed by atoms with Crippen molar-refractivity contribution in [2.24, 2.45) is 5.10 Å². The zero-order valence-electron chi connectivity index (χ0n) is 11.3. The first-order valence-electron chi connectivity index (χ1n) is 6.77. The molecule has 1 amide bonds. The Morgan fingerprint density at radius 1 is 1.37 bits per heavy atom. The number of rotatable bonds is 2. The van der Waals surface area contributed by atoms with Gasteiger partial charge in [0.25, 0.3) is 5.91 Å². The molecule has 2 unspecified atom stereocenters. The SMILES string of the molecule is Cc1ccc(C(=O)NN=C2CC3CCC(C2)N3C)s1. The predicted octanol–water partition coefficient (Wildman–Crippen LogP) is 2.40. The summed E-state index contributed by atoms with van der Waals surface area (Å²) in [6.45, 7) is 2.00. The summed E-state index contributed by atoms with van der Waals surface area (Å²) < 4.78 is 0. The van der Waals surface area contributed by atoms with Gasteiger partial charge in [-0.3, -0.25) is 9.69 Å². The van der Waals surface area contributed by atoms with Crippen LogP contribution >= 0.6 is 11.3 Å². The van der Waals surface area contributed by atoms with Crippen LogP contribution in [0.4, 0.5) is 0 Å². The van der Waals surface area contributed by atoms with Crippen LogP contribution < -0.4 is 5.43 Å². The van der Waals surface area contributed by atoms with Crippen LogP contribution in [-0.4, -0.2) is 35.7 Å². The van der Waals surface area contributed by atoms with Crippen LogP contribution in [0.5, 0.6) is 0 Å². The smallest absolute Gasteiger partial charge is 0.281 e. The van der Waals surface area contributed by atoms with Crippen molar-refractivity contribution in [2.75, 3.05) is 7.05 Å². The van der Waals surface area contributed by atoms with Gasteiger partial charge in [-0.15, -0.1) is 11.3 Å². The first-order valence-corrected chi connectivity index (χ1v) is 7.59. The topological polar surface area (TPSA) is 44.7 Å². The van der Waals surface area contributed by atoms with Gasteiger partial charge in [0.1, 0.15) is 0 Å². The Labute approximate surface area is 117 Å². The molecule has 4 nitrogen and oxygen atoms in total. The van der Waals surface area contributed by atoms with Gasteiger partial charge in [-0.05, 0) is 38.9 Å². The first-order chi connectivity index (χ1) is 9.13. The highest BCUT2D eigenvalue weighted by atomic mass is 32.1. The van der Waals surface area contributed by atoms with E-state index >= 15 is 0 Å². The first kappa shape index (κ1) is 12.8. The van der Waals surface area contributed by atoms with Crippen molar-refractivity contribution < 1.29 is 4.79 Å². The summed E-state index contributed by atoms with van der Waals surface area (Å²) in [6, 6.07) is 5.06. The minimum atomic E-state index is -0.0862. The molecule has 2 aliphatic rings. The lowest BCUT2D eigenvalue weighted by Crippen LogP contribution is -2.40. The number of thiophene rings is 1. The Morgan fingerprint density at radius 2 is 2.05 bits per heavy atom. The van der Waals surface area contributed by atoms with Crippen LogP contribution in [0.3, 0.4) is 0 Å². The van der Waals surface area contributed by atoms with E-state index in [1.165, 1.54) is 24.2 Å². The van der Waals surface area contributed by atoms with Crippen molar-refractivity contribution in [2.45, 2.75) is 44.7 Å². The molecular formula is C14H19N3OS. The fraction of sp³-hybridized carbons (Fsp3) is 0.571. The molecule has 3 heterocycles. The van der Waals surface area contributed by atoms with Gasteiger partial charge in [-0.1, -0.05) is 0 Å². The standard InChI is InChI=1S/C14H19N3OS/c1-9-3-6-13(19-9)14(18)16-15-10-7-11-4-5-12(8-10)17(11)2/h3,6,11-12H,4-5,7-8H2,1-2H3,(H,16,18). The Kier molecular flexibility index (Phi) is 3.41. The average molecular weight is 277 g/mol. The molecule has 1 aromatic rings. The van der Waals surface area contributed by atoms with Gasteiger partial charge in [-0.25, -0.2) is 5.43 Å². The number of aryl methyl sites for hydroxylation is 1. The third kappa shape index (κ3) is 2.58. The van der Waals surface area contributed by atoms with Gasteiger partial charge >= 0.3 is 0 Å². The maximum Gasteiger partial charge on any atom is 0.281 e. The second-order valence-corrected chi connectivity index (χ2v) is 6.78. The number of hydrogen-bond acceptors (Lipinski definition) is 4. The van der Waals surface area contributed by atoms with Crippen LogP contribution in [0.15, 0.2) is 17.2 Å². The van der Waals surface area contributed by atoms with E-state index in [1.54, 1.807) is 0 Å². The molecule has 5 heteroatoms. The number of nitrogens with zero attached hydrogens (tertiary/aromatic N) is 2. The van der Waals surface area contributed by atoms with Crippen molar-refractivity contribution in [3.63, 3.8) is 0 Å². The normalized spacial score (nSPS) is 26.5. The molecule has 2 aliphatic heterocycles. The van der Waals surface area contributed by atoms with Crippen molar-refractivity contribution in [1.82, 2.24) is 10.3 Å². The maximum atomic E-state index is 11.9. The average Bonchev–Trinajstić information content (AvgIpc) is 2.88. The summed E-state index contributed by atoms with van der Waals surface area (Å²) in [5, 5.41) is 4.34. The molecule has 0 radical (unpaired) electrons. The van der Waals surface area contributed by atoms with Crippen molar-refractivity contribution >= 4 is 23.0 Å². The van der Waals surface area contributed by atoms with Gasteiger partial charge in [0, 0.05) is 35.5 Å². The molecule has 19 heavy (non-hydrogen) atoms. The zero-order valence-corrected chi connectivity index (χ0v) is 12.2. The van der Waals surface area contributed by atoms with E-state index in [1.807, 2.05) is 19.1 Å². The predicted molar refractivity (Wildman–Crippen MR) is 77.8 cm³/mol. The van der Waals surface area contributed by atoms with Gasteiger partial charge in [0.15, 0.2) is 0 Å². The van der Waals surface area contributed by atoms with Crippen LogP contribution in [0.1, 0.15) is 40.2 Å². The van der Waals surface area contributed by atoms with Crippen LogP contribution in [0.25, 0.3) is 0 Å². The van der Waals surface area contributed by atoms with E-state index in [4.69, 9.17) is 0 Å². The van der Waals surface area contributed by atoms with E-state index < -0.39 is 0 Å². The van der Waals surface area contributed by atoms with Crippen molar-refractivity contribution in [1.29, 1.82) is 0 Å². The molecule has 2 saturated heterocycles. The summed E-state index contributed by atoms with van der Waals surface area (Å²) in [7, 11) is 2.20. The van der Waals surface area contributed by atoms with E-state index in [0.29, 0.717) is 12.1 Å². The Balaban J connectivity index is 1.63. The molecule has 0 aromatic carbocycles. The zero-order chi connectivity index (χ0) is 13.4. The van der Waals surface area contributed by atoms with Crippen LogP contribution in [0, 0.1) is 6.92 Å². The van der Waals surface area contributed by atoms with Crippen LogP contribution in [-0.2, 0) is 0 Å². The number of piperidine rings is 1. The Bertz CT molecular complexity index is 507. The van der Waals surface area contributed by atoms with Gasteiger partial charge in [0.2, 0.25) is 0 Å². The highest BCUT2D eigenvalue weighted by molar-refractivity contribution is 7.13. The lowest BCUT2D eigenvalue weighted by atomic mass is 10.0. The molecule has 0 aliphatic carbocycles. The van der Waals surface area contributed by atoms with Gasteiger partial charge < -0.3 is 0 Å². The molecule has 2 fully saturated rings. The monoisotopic (exact) mass is 277 g/mol. The lowest BCUT2D eigenvalue weighted by Gasteiger charge is -2.31. The minimum Gasteiger partial charge on any atom is -0.300 e. The number of hydrogen-bond donors (Lipinski definition) is 1. The number of carbonyl (C=O) groups is 1. The van der Waals surface area contributed by atoms with Gasteiger partial charge in [-0.2, -0.15) is 5.10 Å². The molecule has 2 atom stereocenters. The molecule has 1 aromatic heterocycles. The quantitative estimate of drug-likeness (QED) is 0.844. The fourth-order valence-corrected chi connectivity index (χ4v) is 3.80. The van der Waals surface area contributed by atoms with E-state index in [-0.39, 0.29) is 5.91 Å². The minimum absolute atomic E-state index is 0.0862. The second kappa shape index (κ2) is 5.06. The third-order valence-electron chi connectivity index (χ3n) is 4.21. The van der Waals surface area contributed by atoms with Crippen LogP contribution in [0.2, 0.25) is 0 Å². The van der Waals surface area contributed by atoms with E-state index in [0.717, 1.165) is 28.3 Å². The number of carbonyl (C=O) groups excluding carboxylic acids is 1. The molecule has 0 spiro atoms. The molecule has 0 saturated carbocycles. The van der Waals surface area contributed by atoms with Gasteiger partial charge in [0.05, 0.1) is 4.88 Å². The Morgan fingerprint density at radius 3 is 2.63 bits per heavy atom. The molecule has 3 rings (SSSR count). The molecule has 2 bridgehead atoms. The summed E-state index contributed by atoms with van der Waals surface area (Å²) in [5.41, 5.74) is 3.85. The lowest BCUT2D eigenvalue weighted by molar-refractivity contribution is 0.0958. The second-order valence-electron chi connectivity index (χ2n) is 5.49. The number of amides is 1. The number of nitrogens with one attached hydrogen (secondary N) is 1. The largest absolute Gasteiger partial charge is 0.300 e. The maximum absolute atomic E-state index is 11.9. The van der Waals surface area contributed by atoms with E-state index in [9.17, 15) is 4.79 Å². The van der Waals surface area contributed by atoms with Crippen molar-refractivity contribution in [3.05, 3.63) is 21.9 Å². The molecule has 1 N–H and O–H groups in total. The number of hydrazone groups is 1. The van der Waals surface area contributed by atoms with Crippen molar-refractivity contribution in [3.8, 4) is 0 Å². The summed E-state index contributed by atoms with van der Waals surface area (Å²) in [5.74, 6) is -0.0862. The highest BCUT2D eigenvalue weighted by Crippen LogP contribution is 2.32. The summed E-state index contributed by atoms with van der Waals surface area (Å²) in [6.07, 6.45) is 4.52. The summed E-state index contributed by atoms with van der Waals surface area (Å²) >= 11 is 1.51. The number of fused-ring (bicyclic) bond motifs is 2. The third-order valence-corrected chi connectivity index (χ3v) is 5.21. The molecular weight excluding hydrogens is 258 g/mol.